The summed E-state index contributed by atoms with van der Waals surface area (Å²) in [5, 5.41) is 1.39. The average Bonchev–Trinajstić information content (AvgIpc) is 2.62. The lowest BCUT2D eigenvalue weighted by molar-refractivity contribution is 0.306. The molecule has 0 saturated carbocycles. The third-order valence-corrected chi connectivity index (χ3v) is 4.90. The summed E-state index contributed by atoms with van der Waals surface area (Å²) >= 11 is 15.7. The molecular formula is C21H16BrCl2NO. The van der Waals surface area contributed by atoms with E-state index in [2.05, 4.69) is 20.9 Å². The van der Waals surface area contributed by atoms with Crippen LogP contribution in [0, 0.1) is 6.92 Å². The molecular weight excluding hydrogens is 433 g/mol. The van der Waals surface area contributed by atoms with Crippen molar-refractivity contribution < 1.29 is 4.74 Å². The summed E-state index contributed by atoms with van der Waals surface area (Å²) < 4.78 is 6.92. The van der Waals surface area contributed by atoms with Gasteiger partial charge in [0.05, 0.1) is 5.69 Å². The molecule has 0 spiro atoms. The van der Waals surface area contributed by atoms with E-state index in [4.69, 9.17) is 27.9 Å². The van der Waals surface area contributed by atoms with E-state index in [-0.39, 0.29) is 0 Å². The molecule has 26 heavy (non-hydrogen) atoms. The van der Waals surface area contributed by atoms with Gasteiger partial charge < -0.3 is 4.74 Å². The molecule has 0 unspecified atom stereocenters. The van der Waals surface area contributed by atoms with Crippen LogP contribution in [0.1, 0.15) is 16.7 Å². The Balaban J connectivity index is 1.81. The summed E-state index contributed by atoms with van der Waals surface area (Å²) in [4.78, 5) is 4.52. The number of halogens is 3. The zero-order chi connectivity index (χ0) is 18.5. The molecule has 0 aliphatic carbocycles. The maximum atomic E-state index is 6.17. The van der Waals surface area contributed by atoms with Gasteiger partial charge >= 0.3 is 0 Å². The molecule has 0 aliphatic rings. The van der Waals surface area contributed by atoms with Crippen molar-refractivity contribution in [3.8, 4) is 5.75 Å². The average molecular weight is 449 g/mol. The first-order valence-electron chi connectivity index (χ1n) is 7.98. The van der Waals surface area contributed by atoms with Crippen LogP contribution in [-0.4, -0.2) is 6.21 Å². The largest absolute Gasteiger partial charge is 0.488 e. The van der Waals surface area contributed by atoms with Crippen molar-refractivity contribution in [3.63, 3.8) is 0 Å². The van der Waals surface area contributed by atoms with Gasteiger partial charge in [0.1, 0.15) is 12.4 Å². The predicted octanol–water partition coefficient (Wildman–Crippen LogP) is 7.39. The quantitative estimate of drug-likeness (QED) is 0.372. The lowest BCUT2D eigenvalue weighted by atomic mass is 10.2. The number of hydrogen-bond acceptors (Lipinski definition) is 2. The number of nitrogens with zero attached hydrogens (tertiary/aromatic N) is 1. The van der Waals surface area contributed by atoms with Crippen LogP contribution in [0.3, 0.4) is 0 Å². The Morgan fingerprint density at radius 3 is 2.65 bits per heavy atom. The van der Waals surface area contributed by atoms with Gasteiger partial charge in [0.2, 0.25) is 0 Å². The molecule has 0 atom stereocenters. The van der Waals surface area contributed by atoms with E-state index in [0.29, 0.717) is 16.7 Å². The van der Waals surface area contributed by atoms with Gasteiger partial charge in [-0.3, -0.25) is 4.99 Å². The highest BCUT2D eigenvalue weighted by molar-refractivity contribution is 9.10. The molecule has 0 aliphatic heterocycles. The van der Waals surface area contributed by atoms with Crippen molar-refractivity contribution in [1.29, 1.82) is 0 Å². The molecule has 0 radical (unpaired) electrons. The minimum Gasteiger partial charge on any atom is -0.488 e. The Morgan fingerprint density at radius 2 is 1.88 bits per heavy atom. The number of hydrogen-bond donors (Lipinski definition) is 0. The van der Waals surface area contributed by atoms with Crippen molar-refractivity contribution in [2.45, 2.75) is 13.5 Å². The van der Waals surface area contributed by atoms with Gasteiger partial charge in [0.25, 0.3) is 0 Å². The summed E-state index contributed by atoms with van der Waals surface area (Å²) in [6.45, 7) is 2.39. The van der Waals surface area contributed by atoms with E-state index in [1.807, 2.05) is 67.6 Å². The third kappa shape index (κ3) is 5.10. The fraction of sp³-hybridized carbons (Fsp3) is 0.0952. The molecule has 0 aromatic heterocycles. The summed E-state index contributed by atoms with van der Waals surface area (Å²) in [6, 6.07) is 19.2. The third-order valence-electron chi connectivity index (χ3n) is 3.76. The fourth-order valence-corrected chi connectivity index (χ4v) is 3.11. The van der Waals surface area contributed by atoms with E-state index < -0.39 is 0 Å². The van der Waals surface area contributed by atoms with E-state index in [1.54, 1.807) is 6.21 Å². The topological polar surface area (TPSA) is 21.6 Å². The molecule has 0 saturated heterocycles. The minimum absolute atomic E-state index is 0.430. The molecule has 0 bridgehead atoms. The Morgan fingerprint density at radius 1 is 1.04 bits per heavy atom. The van der Waals surface area contributed by atoms with E-state index in [1.165, 1.54) is 0 Å². The molecule has 0 N–H and O–H groups in total. The number of benzene rings is 3. The lowest BCUT2D eigenvalue weighted by Gasteiger charge is -2.10. The van der Waals surface area contributed by atoms with Gasteiger partial charge in [-0.15, -0.1) is 0 Å². The van der Waals surface area contributed by atoms with E-state index in [9.17, 15) is 0 Å². The SMILES string of the molecule is Cc1ccc(N=Cc2cc(Br)ccc2OCc2cccc(Cl)c2)cc1Cl. The van der Waals surface area contributed by atoms with Crippen LogP contribution in [0.2, 0.25) is 10.0 Å². The molecule has 3 aromatic rings. The number of aliphatic imine (C=N–C) groups is 1. The number of rotatable bonds is 5. The van der Waals surface area contributed by atoms with Crippen LogP contribution < -0.4 is 4.74 Å². The lowest BCUT2D eigenvalue weighted by Crippen LogP contribution is -1.98. The predicted molar refractivity (Wildman–Crippen MR) is 113 cm³/mol. The zero-order valence-corrected chi connectivity index (χ0v) is 17.1. The van der Waals surface area contributed by atoms with Crippen molar-refractivity contribution in [3.05, 3.63) is 91.9 Å². The van der Waals surface area contributed by atoms with E-state index >= 15 is 0 Å². The normalized spacial score (nSPS) is 11.1. The molecule has 132 valence electrons. The molecule has 0 amide bonds. The van der Waals surface area contributed by atoms with Gasteiger partial charge in [-0.05, 0) is 60.5 Å². The van der Waals surface area contributed by atoms with Crippen molar-refractivity contribution >= 4 is 51.0 Å². The summed E-state index contributed by atoms with van der Waals surface area (Å²) in [6.07, 6.45) is 1.78. The summed E-state index contributed by atoms with van der Waals surface area (Å²) in [5.74, 6) is 0.745. The molecule has 0 fully saturated rings. The standard InChI is InChI=1S/C21H16BrCl2NO/c1-14-5-7-19(11-20(14)24)25-12-16-10-17(22)6-8-21(16)26-13-15-3-2-4-18(23)9-15/h2-12H,13H2,1H3. The first-order valence-corrected chi connectivity index (χ1v) is 9.53. The van der Waals surface area contributed by atoms with Gasteiger partial charge in [-0.2, -0.15) is 0 Å². The van der Waals surface area contributed by atoms with Gasteiger partial charge in [0.15, 0.2) is 0 Å². The Kier molecular flexibility index (Phi) is 6.36. The molecule has 2 nitrogen and oxygen atoms in total. The molecule has 0 heterocycles. The van der Waals surface area contributed by atoms with Crippen molar-refractivity contribution in [2.75, 3.05) is 0 Å². The smallest absolute Gasteiger partial charge is 0.128 e. The highest BCUT2D eigenvalue weighted by atomic mass is 79.9. The monoisotopic (exact) mass is 447 g/mol. The van der Waals surface area contributed by atoms with Crippen LogP contribution in [0.5, 0.6) is 5.75 Å². The fourth-order valence-electron chi connectivity index (χ4n) is 2.35. The molecule has 3 aromatic carbocycles. The van der Waals surface area contributed by atoms with E-state index in [0.717, 1.165) is 32.6 Å². The Labute approximate surface area is 171 Å². The second-order valence-corrected chi connectivity index (χ2v) is 7.55. The maximum absolute atomic E-state index is 6.17. The summed E-state index contributed by atoms with van der Waals surface area (Å²) in [5.41, 5.74) is 3.70. The molecule has 3 rings (SSSR count). The maximum Gasteiger partial charge on any atom is 0.128 e. The molecule has 5 heteroatoms. The number of aryl methyl sites for hydroxylation is 1. The van der Waals surface area contributed by atoms with Crippen LogP contribution >= 0.6 is 39.1 Å². The van der Waals surface area contributed by atoms with Gasteiger partial charge in [0, 0.05) is 26.3 Å². The summed E-state index contributed by atoms with van der Waals surface area (Å²) in [7, 11) is 0. The van der Waals surface area contributed by atoms with Gasteiger partial charge in [-0.25, -0.2) is 0 Å². The van der Waals surface area contributed by atoms with Crippen LogP contribution in [0.25, 0.3) is 0 Å². The first-order chi connectivity index (χ1) is 12.5. The second-order valence-electron chi connectivity index (χ2n) is 5.79. The first kappa shape index (κ1) is 19.0. The zero-order valence-electron chi connectivity index (χ0n) is 14.0. The van der Waals surface area contributed by atoms with Crippen LogP contribution in [0.15, 0.2) is 70.1 Å². The van der Waals surface area contributed by atoms with Gasteiger partial charge in [-0.1, -0.05) is 57.3 Å². The minimum atomic E-state index is 0.430. The van der Waals surface area contributed by atoms with Crippen molar-refractivity contribution in [1.82, 2.24) is 0 Å². The van der Waals surface area contributed by atoms with Crippen LogP contribution in [-0.2, 0) is 6.61 Å². The highest BCUT2D eigenvalue weighted by Gasteiger charge is 2.05. The highest BCUT2D eigenvalue weighted by Crippen LogP contribution is 2.26. The Bertz CT molecular complexity index is 956. The number of ether oxygens (including phenoxy) is 1. The van der Waals surface area contributed by atoms with Crippen molar-refractivity contribution in [2.24, 2.45) is 4.99 Å². The second kappa shape index (κ2) is 8.72. The van der Waals surface area contributed by atoms with Crippen LogP contribution in [0.4, 0.5) is 5.69 Å². The Hall–Kier alpha value is -1.81.